The molecule has 0 radical (unpaired) electrons. The fourth-order valence-electron chi connectivity index (χ4n) is 3.77. The molecule has 0 fully saturated rings. The fourth-order valence-corrected chi connectivity index (χ4v) is 5.86. The van der Waals surface area contributed by atoms with Gasteiger partial charge in [-0.1, -0.05) is 41.9 Å². The largest absolute Gasteiger partial charge is 0.333 e. The number of pyridine rings is 1. The molecule has 1 N–H and O–H groups in total. The van der Waals surface area contributed by atoms with Crippen molar-refractivity contribution in [1.29, 1.82) is 0 Å². The summed E-state index contributed by atoms with van der Waals surface area (Å²) in [6.07, 6.45) is 2.88. The number of amides is 1. The van der Waals surface area contributed by atoms with Crippen molar-refractivity contribution >= 4 is 54.8 Å². The van der Waals surface area contributed by atoms with Crippen LogP contribution in [0.5, 0.6) is 0 Å². The summed E-state index contributed by atoms with van der Waals surface area (Å²) in [7, 11) is 1.44. The summed E-state index contributed by atoms with van der Waals surface area (Å²) in [4.78, 5) is 21.3. The van der Waals surface area contributed by atoms with Gasteiger partial charge >= 0.3 is 0 Å². The summed E-state index contributed by atoms with van der Waals surface area (Å²) in [5.41, 5.74) is 1.22. The topological polar surface area (TPSA) is 95.5 Å². The zero-order chi connectivity index (χ0) is 25.2. The number of nitrogens with zero attached hydrogens (tertiary/aromatic N) is 4. The minimum Gasteiger partial charge on any atom is -0.333 e. The van der Waals surface area contributed by atoms with E-state index in [-0.39, 0.29) is 33.2 Å². The van der Waals surface area contributed by atoms with E-state index in [1.165, 1.54) is 36.1 Å². The van der Waals surface area contributed by atoms with Crippen LogP contribution >= 0.6 is 23.1 Å². The molecule has 0 saturated carbocycles. The van der Waals surface area contributed by atoms with E-state index < -0.39 is 10.0 Å². The summed E-state index contributed by atoms with van der Waals surface area (Å²) in [6, 6.07) is 15.6. The van der Waals surface area contributed by atoms with Crippen LogP contribution < -0.4 is 4.72 Å². The predicted octanol–water partition coefficient (Wildman–Crippen LogP) is 4.52. The molecule has 0 aliphatic carbocycles. The van der Waals surface area contributed by atoms with Gasteiger partial charge in [0.2, 0.25) is 0 Å². The number of nitrogens with one attached hydrogen (secondary N) is 1. The maximum Gasteiger partial charge on any atom is 0.280 e. The van der Waals surface area contributed by atoms with Crippen LogP contribution in [0.2, 0.25) is 5.02 Å². The van der Waals surface area contributed by atoms with Crippen LogP contribution in [0.15, 0.2) is 72.0 Å². The molecule has 4 aromatic rings. The third kappa shape index (κ3) is 5.46. The Morgan fingerprint density at radius 3 is 2.57 bits per heavy atom. The third-order valence-corrected chi connectivity index (χ3v) is 7.79. The quantitative estimate of drug-likeness (QED) is 0.360. The van der Waals surface area contributed by atoms with E-state index in [4.69, 9.17) is 11.6 Å². The number of carbonyl (C=O) groups excluding carboxylic acids is 1. The van der Waals surface area contributed by atoms with Gasteiger partial charge < -0.3 is 9.80 Å². The highest BCUT2D eigenvalue weighted by molar-refractivity contribution is 7.92. The number of halogens is 1. The molecule has 2 aromatic heterocycles. The SMILES string of the molecule is CN(C)CC(c1ccccc1)N(C)C(=O)c1ccc(Cl)cc1NS(=O)(=O)c1nccc2sncc12. The number of rotatable bonds is 8. The first-order chi connectivity index (χ1) is 16.7. The van der Waals surface area contributed by atoms with Gasteiger partial charge in [-0.2, -0.15) is 12.8 Å². The van der Waals surface area contributed by atoms with Crippen molar-refractivity contribution in [3.63, 3.8) is 0 Å². The van der Waals surface area contributed by atoms with Crippen molar-refractivity contribution in [3.05, 3.63) is 83.1 Å². The zero-order valence-corrected chi connectivity index (χ0v) is 21.7. The summed E-state index contributed by atoms with van der Waals surface area (Å²) in [5, 5.41) is 0.538. The number of anilines is 1. The van der Waals surface area contributed by atoms with Crippen LogP contribution in [0, 0.1) is 0 Å². The molecule has 1 amide bonds. The third-order valence-electron chi connectivity index (χ3n) is 5.47. The van der Waals surface area contributed by atoms with Gasteiger partial charge in [0.05, 0.1) is 33.6 Å². The molecule has 182 valence electrons. The fraction of sp³-hybridized carbons (Fsp3) is 0.208. The number of carbonyl (C=O) groups is 1. The Balaban J connectivity index is 1.71. The minimum absolute atomic E-state index is 0.0769. The Labute approximate surface area is 213 Å². The van der Waals surface area contributed by atoms with Gasteiger partial charge in [0, 0.05) is 24.8 Å². The lowest BCUT2D eigenvalue weighted by Crippen LogP contribution is -2.37. The van der Waals surface area contributed by atoms with Gasteiger partial charge in [0.25, 0.3) is 15.9 Å². The van der Waals surface area contributed by atoms with Gasteiger partial charge in [-0.15, -0.1) is 0 Å². The zero-order valence-electron chi connectivity index (χ0n) is 19.3. The molecule has 1 atom stereocenters. The molecule has 2 aromatic carbocycles. The highest BCUT2D eigenvalue weighted by atomic mass is 35.5. The molecule has 35 heavy (non-hydrogen) atoms. The molecule has 0 aliphatic heterocycles. The van der Waals surface area contributed by atoms with Crippen molar-refractivity contribution in [1.82, 2.24) is 19.2 Å². The summed E-state index contributed by atoms with van der Waals surface area (Å²) >= 11 is 7.37. The predicted molar refractivity (Wildman–Crippen MR) is 140 cm³/mol. The molecule has 11 heteroatoms. The Morgan fingerprint density at radius 1 is 1.11 bits per heavy atom. The van der Waals surface area contributed by atoms with E-state index in [0.29, 0.717) is 16.6 Å². The average Bonchev–Trinajstić information content (AvgIpc) is 3.31. The summed E-state index contributed by atoms with van der Waals surface area (Å²) in [6.45, 7) is 0.581. The Bertz CT molecular complexity index is 1460. The van der Waals surface area contributed by atoms with Crippen LogP contribution in [0.4, 0.5) is 5.69 Å². The van der Waals surface area contributed by atoms with E-state index in [9.17, 15) is 13.2 Å². The van der Waals surface area contributed by atoms with Crippen LogP contribution in [-0.4, -0.2) is 61.2 Å². The number of sulfonamides is 1. The second-order valence-corrected chi connectivity index (χ2v) is 11.1. The highest BCUT2D eigenvalue weighted by Crippen LogP contribution is 2.30. The molecule has 0 bridgehead atoms. The molecular weight excluding hydrogens is 506 g/mol. The molecule has 0 aliphatic rings. The van der Waals surface area contributed by atoms with Gasteiger partial charge in [0.15, 0.2) is 5.03 Å². The molecule has 8 nitrogen and oxygen atoms in total. The van der Waals surface area contributed by atoms with Crippen molar-refractivity contribution in [2.45, 2.75) is 11.1 Å². The number of benzene rings is 2. The van der Waals surface area contributed by atoms with Gasteiger partial charge in [-0.05, 0) is 55.5 Å². The standard InChI is InChI=1S/C24H24ClN5O3S2/c1-29(2)15-21(16-7-5-4-6-8-16)30(3)24(31)18-10-9-17(25)13-20(18)28-35(32,33)23-19-14-27-34-22(19)11-12-26-23/h4-14,21,28H,15H2,1-3H3. The number of fused-ring (bicyclic) bond motifs is 1. The molecular formula is C24H24ClN5O3S2. The van der Waals surface area contributed by atoms with E-state index in [1.807, 2.05) is 49.3 Å². The van der Waals surface area contributed by atoms with Crippen molar-refractivity contribution < 1.29 is 13.2 Å². The van der Waals surface area contributed by atoms with Crippen LogP contribution in [0.25, 0.3) is 10.1 Å². The molecule has 1 unspecified atom stereocenters. The van der Waals surface area contributed by atoms with Crippen LogP contribution in [-0.2, 0) is 10.0 Å². The molecule has 4 rings (SSSR count). The monoisotopic (exact) mass is 529 g/mol. The van der Waals surface area contributed by atoms with Crippen molar-refractivity contribution in [2.75, 3.05) is 32.4 Å². The number of hydrogen-bond acceptors (Lipinski definition) is 7. The first-order valence-corrected chi connectivity index (χ1v) is 13.3. The highest BCUT2D eigenvalue weighted by Gasteiger charge is 2.28. The smallest absolute Gasteiger partial charge is 0.280 e. The first-order valence-electron chi connectivity index (χ1n) is 10.7. The molecule has 0 saturated heterocycles. The van der Waals surface area contributed by atoms with E-state index >= 15 is 0 Å². The van der Waals surface area contributed by atoms with Gasteiger partial charge in [-0.25, -0.2) is 4.98 Å². The van der Waals surface area contributed by atoms with Crippen molar-refractivity contribution in [3.8, 4) is 0 Å². The summed E-state index contributed by atoms with van der Waals surface area (Å²) in [5.74, 6) is -0.349. The number of aromatic nitrogens is 2. The number of hydrogen-bond donors (Lipinski definition) is 1. The molecule has 0 spiro atoms. The Morgan fingerprint density at radius 2 is 1.86 bits per heavy atom. The lowest BCUT2D eigenvalue weighted by molar-refractivity contribution is 0.0706. The second-order valence-electron chi connectivity index (χ2n) is 8.25. The molecule has 2 heterocycles. The lowest BCUT2D eigenvalue weighted by atomic mass is 10.0. The maximum absolute atomic E-state index is 13.7. The van der Waals surface area contributed by atoms with Crippen LogP contribution in [0.3, 0.4) is 0 Å². The average molecular weight is 530 g/mol. The minimum atomic E-state index is -4.13. The normalized spacial score (nSPS) is 12.6. The second kappa shape index (κ2) is 10.3. The van der Waals surface area contributed by atoms with Gasteiger partial charge in [-0.3, -0.25) is 9.52 Å². The first kappa shape index (κ1) is 25.1. The summed E-state index contributed by atoms with van der Waals surface area (Å²) < 4.78 is 33.9. The Hall–Kier alpha value is -3.05. The van der Waals surface area contributed by atoms with E-state index in [1.54, 1.807) is 24.1 Å². The van der Waals surface area contributed by atoms with Crippen molar-refractivity contribution in [2.24, 2.45) is 0 Å². The number of likely N-dealkylation sites (N-methyl/N-ethyl adjacent to an activating group) is 2. The van der Waals surface area contributed by atoms with Crippen LogP contribution in [0.1, 0.15) is 22.0 Å². The van der Waals surface area contributed by atoms with E-state index in [0.717, 1.165) is 5.56 Å². The maximum atomic E-state index is 13.7. The Kier molecular flexibility index (Phi) is 7.36. The lowest BCUT2D eigenvalue weighted by Gasteiger charge is -2.31. The van der Waals surface area contributed by atoms with Gasteiger partial charge in [0.1, 0.15) is 0 Å². The van der Waals surface area contributed by atoms with E-state index in [2.05, 4.69) is 14.1 Å².